The van der Waals surface area contributed by atoms with Gasteiger partial charge < -0.3 is 4.79 Å². The number of rotatable bonds is 8. The standard InChI is InChI=1S/C15H26O/c1-2-3-4-5-7-14-9-11-15(12-10-14)8-6-13-16/h11,13-14H,2-10,12H2,1H3. The minimum atomic E-state index is 0.715. The van der Waals surface area contributed by atoms with Crippen LogP contribution in [0.2, 0.25) is 0 Å². The molecule has 92 valence electrons. The van der Waals surface area contributed by atoms with Crippen LogP contribution in [0.25, 0.3) is 0 Å². The average Bonchev–Trinajstić information content (AvgIpc) is 2.33. The molecule has 1 aliphatic carbocycles. The van der Waals surface area contributed by atoms with Crippen molar-refractivity contribution in [3.05, 3.63) is 11.6 Å². The fourth-order valence-electron chi connectivity index (χ4n) is 2.54. The third-order valence-electron chi connectivity index (χ3n) is 3.66. The molecule has 1 atom stereocenters. The van der Waals surface area contributed by atoms with Crippen molar-refractivity contribution in [1.29, 1.82) is 0 Å². The van der Waals surface area contributed by atoms with Gasteiger partial charge in [0.05, 0.1) is 0 Å². The number of hydrogen-bond donors (Lipinski definition) is 0. The van der Waals surface area contributed by atoms with Crippen molar-refractivity contribution in [2.75, 3.05) is 0 Å². The molecule has 1 nitrogen and oxygen atoms in total. The van der Waals surface area contributed by atoms with E-state index >= 15 is 0 Å². The third-order valence-corrected chi connectivity index (χ3v) is 3.66. The summed E-state index contributed by atoms with van der Waals surface area (Å²) in [6.07, 6.45) is 16.0. The summed E-state index contributed by atoms with van der Waals surface area (Å²) in [6.45, 7) is 2.27. The fourth-order valence-corrected chi connectivity index (χ4v) is 2.54. The van der Waals surface area contributed by atoms with Gasteiger partial charge in [0.15, 0.2) is 0 Å². The topological polar surface area (TPSA) is 17.1 Å². The molecule has 0 N–H and O–H groups in total. The van der Waals surface area contributed by atoms with Gasteiger partial charge in [-0.2, -0.15) is 0 Å². The van der Waals surface area contributed by atoms with Crippen LogP contribution in [0.4, 0.5) is 0 Å². The van der Waals surface area contributed by atoms with E-state index < -0.39 is 0 Å². The number of carbonyl (C=O) groups is 1. The van der Waals surface area contributed by atoms with Gasteiger partial charge in [0.2, 0.25) is 0 Å². The van der Waals surface area contributed by atoms with Gasteiger partial charge in [-0.25, -0.2) is 0 Å². The number of hydrogen-bond acceptors (Lipinski definition) is 1. The van der Waals surface area contributed by atoms with E-state index in [4.69, 9.17) is 0 Å². The lowest BCUT2D eigenvalue weighted by atomic mass is 9.85. The molecule has 1 aliphatic rings. The van der Waals surface area contributed by atoms with Crippen molar-refractivity contribution in [3.63, 3.8) is 0 Å². The van der Waals surface area contributed by atoms with Crippen LogP contribution >= 0.6 is 0 Å². The summed E-state index contributed by atoms with van der Waals surface area (Å²) < 4.78 is 0. The Morgan fingerprint density at radius 2 is 2.25 bits per heavy atom. The zero-order valence-electron chi connectivity index (χ0n) is 10.7. The number of aldehydes is 1. The maximum atomic E-state index is 10.3. The largest absolute Gasteiger partial charge is 0.303 e. The molecule has 0 amide bonds. The van der Waals surface area contributed by atoms with Crippen LogP contribution in [0.3, 0.4) is 0 Å². The summed E-state index contributed by atoms with van der Waals surface area (Å²) in [4.78, 5) is 10.3. The van der Waals surface area contributed by atoms with Crippen LogP contribution in [0.15, 0.2) is 11.6 Å². The van der Waals surface area contributed by atoms with Gasteiger partial charge >= 0.3 is 0 Å². The molecule has 0 spiro atoms. The summed E-state index contributed by atoms with van der Waals surface area (Å²) in [5.41, 5.74) is 1.52. The van der Waals surface area contributed by atoms with Crippen LogP contribution in [-0.2, 0) is 4.79 Å². The van der Waals surface area contributed by atoms with E-state index in [1.165, 1.54) is 56.9 Å². The normalized spacial score (nSPS) is 20.6. The molecular formula is C15H26O. The van der Waals surface area contributed by atoms with Gasteiger partial charge in [-0.3, -0.25) is 0 Å². The number of allylic oxidation sites excluding steroid dienone is 2. The lowest BCUT2D eigenvalue weighted by Crippen LogP contribution is -2.06. The van der Waals surface area contributed by atoms with Crippen molar-refractivity contribution < 1.29 is 4.79 Å². The van der Waals surface area contributed by atoms with Crippen LogP contribution in [0, 0.1) is 5.92 Å². The zero-order valence-corrected chi connectivity index (χ0v) is 10.7. The highest BCUT2D eigenvalue weighted by atomic mass is 16.1. The van der Waals surface area contributed by atoms with Crippen molar-refractivity contribution in [2.45, 2.75) is 71.1 Å². The molecule has 0 aliphatic heterocycles. The van der Waals surface area contributed by atoms with Crippen molar-refractivity contribution in [2.24, 2.45) is 5.92 Å². The molecule has 0 heterocycles. The second-order valence-electron chi connectivity index (χ2n) is 5.06. The Balaban J connectivity index is 2.10. The predicted octanol–water partition coefficient (Wildman–Crippen LogP) is 4.66. The first-order valence-electron chi connectivity index (χ1n) is 6.98. The van der Waals surface area contributed by atoms with Crippen LogP contribution in [-0.4, -0.2) is 6.29 Å². The Morgan fingerprint density at radius 1 is 1.38 bits per heavy atom. The van der Waals surface area contributed by atoms with E-state index in [2.05, 4.69) is 13.0 Å². The van der Waals surface area contributed by atoms with E-state index in [-0.39, 0.29) is 0 Å². The third kappa shape index (κ3) is 5.48. The molecule has 1 unspecified atom stereocenters. The predicted molar refractivity (Wildman–Crippen MR) is 69.5 cm³/mol. The van der Waals surface area contributed by atoms with Gasteiger partial charge in [0, 0.05) is 6.42 Å². The van der Waals surface area contributed by atoms with Crippen LogP contribution in [0.1, 0.15) is 71.1 Å². The molecule has 0 bridgehead atoms. The molecule has 16 heavy (non-hydrogen) atoms. The van der Waals surface area contributed by atoms with E-state index in [0.717, 1.165) is 18.6 Å². The highest BCUT2D eigenvalue weighted by molar-refractivity contribution is 5.49. The molecule has 1 heteroatoms. The molecule has 0 aromatic heterocycles. The monoisotopic (exact) mass is 222 g/mol. The fraction of sp³-hybridized carbons (Fsp3) is 0.800. The van der Waals surface area contributed by atoms with E-state index in [1.54, 1.807) is 0 Å². The lowest BCUT2D eigenvalue weighted by molar-refractivity contribution is -0.107. The van der Waals surface area contributed by atoms with Crippen LogP contribution in [0.5, 0.6) is 0 Å². The first-order valence-corrected chi connectivity index (χ1v) is 6.98. The molecular weight excluding hydrogens is 196 g/mol. The highest BCUT2D eigenvalue weighted by Crippen LogP contribution is 2.29. The Morgan fingerprint density at radius 3 is 2.88 bits per heavy atom. The first kappa shape index (κ1) is 13.5. The second-order valence-corrected chi connectivity index (χ2v) is 5.06. The summed E-state index contributed by atoms with van der Waals surface area (Å²) in [5, 5.41) is 0. The molecule has 0 aromatic rings. The zero-order chi connectivity index (χ0) is 11.6. The maximum Gasteiger partial charge on any atom is 0.120 e. The van der Waals surface area contributed by atoms with E-state index in [9.17, 15) is 4.79 Å². The van der Waals surface area contributed by atoms with Crippen molar-refractivity contribution >= 4 is 6.29 Å². The molecule has 0 radical (unpaired) electrons. The lowest BCUT2D eigenvalue weighted by Gasteiger charge is -2.21. The Labute approximate surface area is 100 Å². The summed E-state index contributed by atoms with van der Waals surface area (Å²) in [7, 11) is 0. The summed E-state index contributed by atoms with van der Waals surface area (Å²) in [6, 6.07) is 0. The SMILES string of the molecule is CCCCCCC1CC=C(CCC=O)CC1. The molecule has 0 fully saturated rings. The minimum Gasteiger partial charge on any atom is -0.303 e. The Hall–Kier alpha value is -0.590. The molecule has 0 saturated heterocycles. The minimum absolute atomic E-state index is 0.715. The number of unbranched alkanes of at least 4 members (excludes halogenated alkanes) is 3. The van der Waals surface area contributed by atoms with Gasteiger partial charge in [-0.15, -0.1) is 0 Å². The Bertz CT molecular complexity index is 217. The number of carbonyl (C=O) groups excluding carboxylic acids is 1. The van der Waals surface area contributed by atoms with Crippen molar-refractivity contribution in [3.8, 4) is 0 Å². The van der Waals surface area contributed by atoms with Gasteiger partial charge in [-0.05, 0) is 31.6 Å². The van der Waals surface area contributed by atoms with E-state index in [1.807, 2.05) is 0 Å². The molecule has 0 saturated carbocycles. The Kier molecular flexibility index (Phi) is 7.20. The second kappa shape index (κ2) is 8.55. The quantitative estimate of drug-likeness (QED) is 0.331. The van der Waals surface area contributed by atoms with Crippen LogP contribution < -0.4 is 0 Å². The smallest absolute Gasteiger partial charge is 0.120 e. The maximum absolute atomic E-state index is 10.3. The van der Waals surface area contributed by atoms with Gasteiger partial charge in [0.1, 0.15) is 6.29 Å². The van der Waals surface area contributed by atoms with Gasteiger partial charge in [-0.1, -0.05) is 50.7 Å². The first-order chi connectivity index (χ1) is 7.86. The summed E-state index contributed by atoms with van der Waals surface area (Å²) in [5.74, 6) is 0.928. The average molecular weight is 222 g/mol. The van der Waals surface area contributed by atoms with E-state index in [0.29, 0.717) is 6.42 Å². The van der Waals surface area contributed by atoms with Gasteiger partial charge in [0.25, 0.3) is 0 Å². The molecule has 1 rings (SSSR count). The summed E-state index contributed by atoms with van der Waals surface area (Å²) >= 11 is 0. The highest BCUT2D eigenvalue weighted by Gasteiger charge is 2.13. The van der Waals surface area contributed by atoms with Crippen molar-refractivity contribution in [1.82, 2.24) is 0 Å². The molecule has 0 aromatic carbocycles.